The summed E-state index contributed by atoms with van der Waals surface area (Å²) < 4.78 is 33.2. The molecule has 3 amide bonds. The van der Waals surface area contributed by atoms with Crippen LogP contribution in [0.15, 0.2) is 35.8 Å². The van der Waals surface area contributed by atoms with Crippen LogP contribution >= 0.6 is 11.3 Å². The molecule has 82 heavy (non-hydrogen) atoms. The first-order valence-electron chi connectivity index (χ1n) is 30.4. The standard InChI is InChI=1S/C61H85N11O9S/c1-38-50(51(38)58(74)70-18-16-66(5)17-19-70)56(73)64-53-55(69-24-29-79-30-25-69)57-63-48(36-82-57)40-9-12-49-44(32-40)46(34-61(3,4)37-81-60(76)47-8-7-15-72(65-47)59(53)75)54(71(49)26-31-80-43-13-27-78-28-14-43)45-33-42(35-62-52(45)39(2)77-6)68-22-20-67(21-23-68)41-10-11-41/h9,12,32-33,35-36,38-39,41,43,47,50-51,53,55,65H,7-8,10-11,13-31,34,37H2,1-6H3,(H,64,73)/t38-,39+,47+,50-,51-,53+,55+/m1/s1. The first kappa shape index (κ1) is 57.3. The summed E-state index contributed by atoms with van der Waals surface area (Å²) in [7, 11) is 3.79. The third kappa shape index (κ3) is 12.1. The molecule has 0 radical (unpaired) electrons. The Bertz CT molecular complexity index is 2960. The van der Waals surface area contributed by atoms with Gasteiger partial charge in [-0.25, -0.2) is 10.4 Å². The number of hydrogen-bond donors (Lipinski definition) is 2. The molecule has 0 unspecified atom stereocenters. The largest absolute Gasteiger partial charge is 0.464 e. The van der Waals surface area contributed by atoms with Crippen LogP contribution in [0.3, 0.4) is 0 Å². The maximum atomic E-state index is 15.5. The number of nitrogens with one attached hydrogen (secondary N) is 2. The number of hydrogen-bond acceptors (Lipinski definition) is 17. The van der Waals surface area contributed by atoms with Crippen molar-refractivity contribution in [2.45, 2.75) is 116 Å². The average molecular weight is 1150 g/mol. The van der Waals surface area contributed by atoms with Crippen LogP contribution in [-0.2, 0) is 55.8 Å². The van der Waals surface area contributed by atoms with Gasteiger partial charge in [-0.15, -0.1) is 11.3 Å². The number of carbonyl (C=O) groups is 4. The lowest BCUT2D eigenvalue weighted by Gasteiger charge is -2.41. The van der Waals surface area contributed by atoms with Crippen LogP contribution in [0.25, 0.3) is 33.4 Å². The molecule has 3 aromatic heterocycles. The van der Waals surface area contributed by atoms with E-state index >= 15 is 4.79 Å². The number of rotatable bonds is 13. The highest BCUT2D eigenvalue weighted by Crippen LogP contribution is 2.48. The van der Waals surface area contributed by atoms with Crippen LogP contribution in [0, 0.1) is 23.2 Å². The van der Waals surface area contributed by atoms with Crippen molar-refractivity contribution < 1.29 is 42.9 Å². The number of likely N-dealkylation sites (N-methyl/N-ethyl adjacent to an activating group) is 1. The average Bonchev–Trinajstić information content (AvgIpc) is 3.95. The normalized spacial score (nSPS) is 27.8. The fourth-order valence-corrected chi connectivity index (χ4v) is 14.6. The van der Waals surface area contributed by atoms with Crippen molar-refractivity contribution in [3.05, 3.63) is 52.1 Å². The van der Waals surface area contributed by atoms with Crippen LogP contribution in [0.5, 0.6) is 0 Å². The zero-order valence-corrected chi connectivity index (χ0v) is 49.8. The van der Waals surface area contributed by atoms with Gasteiger partial charge in [-0.05, 0) is 88.6 Å². The molecule has 444 valence electrons. The van der Waals surface area contributed by atoms with Crippen molar-refractivity contribution in [3.63, 3.8) is 0 Å². The molecule has 2 saturated carbocycles. The van der Waals surface area contributed by atoms with Crippen molar-refractivity contribution >= 4 is 51.6 Å². The summed E-state index contributed by atoms with van der Waals surface area (Å²) in [6.07, 6.45) is 7.64. The quantitative estimate of drug-likeness (QED) is 0.167. The number of pyridine rings is 1. The number of methoxy groups -OCH3 is 1. The van der Waals surface area contributed by atoms with E-state index in [1.165, 1.54) is 29.2 Å². The number of aromatic nitrogens is 3. The highest BCUT2D eigenvalue weighted by molar-refractivity contribution is 7.10. The number of ether oxygens (including phenoxy) is 5. The van der Waals surface area contributed by atoms with Gasteiger partial charge in [0.2, 0.25) is 11.8 Å². The summed E-state index contributed by atoms with van der Waals surface area (Å²) in [5.41, 5.74) is 10.4. The molecule has 2 aliphatic carbocycles. The van der Waals surface area contributed by atoms with E-state index in [0.29, 0.717) is 103 Å². The summed E-state index contributed by atoms with van der Waals surface area (Å²) >= 11 is 1.47. The third-order valence-corrected chi connectivity index (χ3v) is 19.7. The van der Waals surface area contributed by atoms with Crippen molar-refractivity contribution in [3.8, 4) is 22.5 Å². The third-order valence-electron chi connectivity index (χ3n) is 18.8. The lowest BCUT2D eigenvalue weighted by molar-refractivity contribution is -0.156. The molecule has 9 heterocycles. The molecule has 1 aromatic carbocycles. The predicted octanol–water partition coefficient (Wildman–Crippen LogP) is 5.15. The molecule has 6 aliphatic heterocycles. The van der Waals surface area contributed by atoms with Crippen molar-refractivity contribution in [2.24, 2.45) is 23.2 Å². The van der Waals surface area contributed by atoms with Gasteiger partial charge in [0.05, 0.1) is 85.5 Å². The van der Waals surface area contributed by atoms with Crippen LogP contribution < -0.4 is 15.6 Å². The minimum atomic E-state index is -1.12. The van der Waals surface area contributed by atoms with Crippen LogP contribution in [0.2, 0.25) is 0 Å². The topological polar surface area (TPSA) is 189 Å². The lowest BCUT2D eigenvalue weighted by atomic mass is 9.84. The number of thiazole rings is 1. The summed E-state index contributed by atoms with van der Waals surface area (Å²) in [6, 6.07) is 7.01. The Kier molecular flexibility index (Phi) is 17.1. The summed E-state index contributed by atoms with van der Waals surface area (Å²) in [5.74, 6) is -2.41. The predicted molar refractivity (Wildman–Crippen MR) is 312 cm³/mol. The number of nitrogens with zero attached hydrogens (tertiary/aromatic N) is 9. The van der Waals surface area contributed by atoms with E-state index in [9.17, 15) is 14.4 Å². The Balaban J connectivity index is 0.971. The Labute approximate surface area is 486 Å². The van der Waals surface area contributed by atoms with Gasteiger partial charge in [0.15, 0.2) is 0 Å². The number of cyclic esters (lactones) is 1. The number of esters is 1. The van der Waals surface area contributed by atoms with E-state index in [1.807, 2.05) is 18.0 Å². The van der Waals surface area contributed by atoms with Gasteiger partial charge in [-0.1, -0.05) is 26.8 Å². The molecule has 5 saturated heterocycles. The highest BCUT2D eigenvalue weighted by atomic mass is 32.1. The molecule has 2 N–H and O–H groups in total. The Morgan fingerprint density at radius 3 is 2.40 bits per heavy atom. The summed E-state index contributed by atoms with van der Waals surface area (Å²) in [4.78, 5) is 81.0. The number of hydrazine groups is 1. The van der Waals surface area contributed by atoms with E-state index in [2.05, 4.69) is 92.4 Å². The maximum Gasteiger partial charge on any atom is 0.324 e. The molecule has 21 heteroatoms. The van der Waals surface area contributed by atoms with E-state index in [0.717, 1.165) is 102 Å². The first-order chi connectivity index (χ1) is 39.7. The number of benzene rings is 1. The van der Waals surface area contributed by atoms with E-state index in [1.54, 1.807) is 7.11 Å². The van der Waals surface area contributed by atoms with Crippen molar-refractivity contribution in [1.29, 1.82) is 0 Å². The minimum absolute atomic E-state index is 0.00739. The smallest absolute Gasteiger partial charge is 0.324 e. The molecular formula is C61H85N11O9S. The molecule has 20 nitrogen and oxygen atoms in total. The number of carbonyl (C=O) groups excluding carboxylic acids is 4. The summed E-state index contributed by atoms with van der Waals surface area (Å²) in [5, 5.41) is 8.55. The van der Waals surface area contributed by atoms with Gasteiger partial charge < -0.3 is 48.3 Å². The van der Waals surface area contributed by atoms with E-state index in [-0.39, 0.29) is 42.5 Å². The number of fused-ring (bicyclic) bond motifs is 6. The zero-order chi connectivity index (χ0) is 56.8. The monoisotopic (exact) mass is 1150 g/mol. The molecule has 7 fully saturated rings. The second kappa shape index (κ2) is 24.5. The SMILES string of the molecule is CO[C@@H](C)c1ncc(N2CCN(C3CC3)CC2)cc1-c1c2c3cc(ccc3n1CCOC1CCOCC1)-c1csc(n1)[C@@H](N1CCOCC1)[C@H](NC(=O)[C@@H]1[C@@H](C)[C@H]1C(=O)N1CCN(C)CC1)C(=O)N1CCC[C@H](N1)C(=O)OCC(C)(C)C2. The maximum absolute atomic E-state index is 15.5. The van der Waals surface area contributed by atoms with Gasteiger partial charge in [0.1, 0.15) is 17.1 Å². The van der Waals surface area contributed by atoms with E-state index in [4.69, 9.17) is 33.7 Å². The number of morpholine rings is 1. The first-order valence-corrected chi connectivity index (χ1v) is 31.3. The fourth-order valence-electron chi connectivity index (χ4n) is 13.6. The van der Waals surface area contributed by atoms with Crippen molar-refractivity contribution in [2.75, 3.05) is 131 Å². The molecule has 7 atom stereocenters. The molecular weight excluding hydrogens is 1060 g/mol. The Morgan fingerprint density at radius 2 is 1.66 bits per heavy atom. The Hall–Kier alpha value is -5.10. The number of amides is 3. The highest BCUT2D eigenvalue weighted by Gasteiger charge is 2.58. The zero-order valence-electron chi connectivity index (χ0n) is 48.9. The van der Waals surface area contributed by atoms with Gasteiger partial charge in [-0.3, -0.25) is 39.0 Å². The van der Waals surface area contributed by atoms with Crippen LogP contribution in [0.1, 0.15) is 94.6 Å². The van der Waals surface area contributed by atoms with Gasteiger partial charge >= 0.3 is 5.97 Å². The van der Waals surface area contributed by atoms with Gasteiger partial charge in [0.25, 0.3) is 5.91 Å². The Morgan fingerprint density at radius 1 is 0.902 bits per heavy atom. The number of anilines is 1. The van der Waals surface area contributed by atoms with Crippen LogP contribution in [-0.4, -0.2) is 213 Å². The van der Waals surface area contributed by atoms with Crippen molar-refractivity contribution in [1.82, 2.24) is 49.9 Å². The minimum Gasteiger partial charge on any atom is -0.464 e. The molecule has 12 rings (SSSR count). The molecule has 8 aliphatic rings. The second-order valence-electron chi connectivity index (χ2n) is 25.1. The van der Waals surface area contributed by atoms with Gasteiger partial charge in [-0.2, -0.15) is 0 Å². The second-order valence-corrected chi connectivity index (χ2v) is 26.0. The summed E-state index contributed by atoms with van der Waals surface area (Å²) in [6.45, 7) is 19.7. The fraction of sp³-hybridized carbons (Fsp3) is 0.672. The van der Waals surface area contributed by atoms with E-state index < -0.39 is 41.3 Å². The van der Waals surface area contributed by atoms with Crippen LogP contribution in [0.4, 0.5) is 5.69 Å². The molecule has 0 spiro atoms. The van der Waals surface area contributed by atoms with Gasteiger partial charge in [0, 0.05) is 138 Å². The molecule has 4 aromatic rings. The molecule has 6 bridgehead atoms. The number of piperazine rings is 2. The lowest BCUT2D eigenvalue weighted by Crippen LogP contribution is -2.63.